The maximum Gasteiger partial charge on any atom is 0.251 e. The molecule has 1 heterocycles. The Morgan fingerprint density at radius 3 is 2.95 bits per heavy atom. The normalized spacial score (nSPS) is 12.0. The Bertz CT molecular complexity index is 609. The number of nitrogens with zero attached hydrogens (tertiary/aromatic N) is 2. The number of carbonyl (C=O) groups is 1. The third-order valence-electron chi connectivity index (χ3n) is 3.13. The van der Waals surface area contributed by atoms with Crippen LogP contribution in [0.1, 0.15) is 28.9 Å². The molecule has 0 fully saturated rings. The average Bonchev–Trinajstić information content (AvgIpc) is 2.91. The molecule has 2 aromatic rings. The number of aliphatic hydroxyl groups is 1. The molecular formula is C15H20N4O2. The first-order valence-corrected chi connectivity index (χ1v) is 6.84. The summed E-state index contributed by atoms with van der Waals surface area (Å²) >= 11 is 0. The molecule has 3 N–H and O–H groups in total. The molecule has 6 heteroatoms. The predicted molar refractivity (Wildman–Crippen MR) is 81.1 cm³/mol. The molecule has 112 valence electrons. The lowest BCUT2D eigenvalue weighted by Crippen LogP contribution is -2.26. The first-order chi connectivity index (χ1) is 10.1. The minimum absolute atomic E-state index is 0.0677. The predicted octanol–water partition coefficient (Wildman–Crippen LogP) is 1.32. The van der Waals surface area contributed by atoms with Gasteiger partial charge in [-0.3, -0.25) is 9.48 Å². The van der Waals surface area contributed by atoms with Gasteiger partial charge in [-0.1, -0.05) is 6.07 Å². The van der Waals surface area contributed by atoms with Gasteiger partial charge in [-0.05, 0) is 25.1 Å². The number of anilines is 1. The number of hydrogen-bond acceptors (Lipinski definition) is 4. The zero-order chi connectivity index (χ0) is 15.2. The lowest BCUT2D eigenvalue weighted by Gasteiger charge is -2.14. The van der Waals surface area contributed by atoms with Crippen LogP contribution in [0.25, 0.3) is 0 Å². The number of benzene rings is 1. The third-order valence-corrected chi connectivity index (χ3v) is 3.13. The molecule has 2 rings (SSSR count). The number of amides is 1. The Balaban J connectivity index is 2.05. The number of aromatic nitrogens is 2. The average molecular weight is 288 g/mol. The summed E-state index contributed by atoms with van der Waals surface area (Å²) in [5, 5.41) is 18.9. The van der Waals surface area contributed by atoms with Crippen molar-refractivity contribution in [3.05, 3.63) is 47.8 Å². The monoisotopic (exact) mass is 288 g/mol. The number of carbonyl (C=O) groups excluding carboxylic acids is 1. The van der Waals surface area contributed by atoms with E-state index >= 15 is 0 Å². The van der Waals surface area contributed by atoms with Crippen molar-refractivity contribution in [2.24, 2.45) is 7.05 Å². The van der Waals surface area contributed by atoms with Crippen molar-refractivity contribution in [2.45, 2.75) is 13.0 Å². The van der Waals surface area contributed by atoms with Gasteiger partial charge in [-0.15, -0.1) is 0 Å². The molecule has 1 aromatic heterocycles. The molecule has 1 aromatic carbocycles. The number of hydrogen-bond donors (Lipinski definition) is 3. The van der Waals surface area contributed by atoms with E-state index in [-0.39, 0.29) is 25.1 Å². The standard InChI is InChI=1S/C15H20N4O2/c1-11(13-9-17-19(2)10-13)18-14-5-3-4-12(8-14)15(21)16-6-7-20/h3-5,8-11,18,20H,6-7H2,1-2H3,(H,16,21). The van der Waals surface area contributed by atoms with Crippen molar-refractivity contribution >= 4 is 11.6 Å². The summed E-state index contributed by atoms with van der Waals surface area (Å²) in [6, 6.07) is 7.36. The number of aliphatic hydroxyl groups excluding tert-OH is 1. The molecule has 1 atom stereocenters. The summed E-state index contributed by atoms with van der Waals surface area (Å²) in [7, 11) is 1.88. The van der Waals surface area contributed by atoms with Crippen molar-refractivity contribution in [2.75, 3.05) is 18.5 Å². The third kappa shape index (κ3) is 4.06. The first kappa shape index (κ1) is 15.1. The van der Waals surface area contributed by atoms with Crippen LogP contribution < -0.4 is 10.6 Å². The fraction of sp³-hybridized carbons (Fsp3) is 0.333. The molecule has 0 saturated heterocycles. The highest BCUT2D eigenvalue weighted by Gasteiger charge is 2.09. The Hall–Kier alpha value is -2.34. The summed E-state index contributed by atoms with van der Waals surface area (Å²) < 4.78 is 1.76. The molecule has 0 aliphatic rings. The minimum atomic E-state index is -0.193. The van der Waals surface area contributed by atoms with Crippen LogP contribution in [-0.4, -0.2) is 33.9 Å². The van der Waals surface area contributed by atoms with E-state index in [1.165, 1.54) is 0 Å². The molecule has 6 nitrogen and oxygen atoms in total. The van der Waals surface area contributed by atoms with Crippen molar-refractivity contribution in [3.63, 3.8) is 0 Å². The smallest absolute Gasteiger partial charge is 0.251 e. The first-order valence-electron chi connectivity index (χ1n) is 6.84. The second kappa shape index (κ2) is 6.90. The molecule has 1 amide bonds. The number of rotatable bonds is 6. The van der Waals surface area contributed by atoms with Crippen molar-refractivity contribution in [1.82, 2.24) is 15.1 Å². The Morgan fingerprint density at radius 2 is 2.29 bits per heavy atom. The van der Waals surface area contributed by atoms with Gasteiger partial charge in [-0.25, -0.2) is 0 Å². The van der Waals surface area contributed by atoms with Gasteiger partial charge in [0.05, 0.1) is 18.8 Å². The van der Waals surface area contributed by atoms with Crippen molar-refractivity contribution < 1.29 is 9.90 Å². The van der Waals surface area contributed by atoms with Crippen LogP contribution in [0.15, 0.2) is 36.7 Å². The van der Waals surface area contributed by atoms with Crippen LogP contribution in [0.2, 0.25) is 0 Å². The van der Waals surface area contributed by atoms with Gasteiger partial charge in [-0.2, -0.15) is 5.10 Å². The molecule has 0 radical (unpaired) electrons. The Kier molecular flexibility index (Phi) is 4.94. The zero-order valence-electron chi connectivity index (χ0n) is 12.2. The van der Waals surface area contributed by atoms with E-state index in [0.29, 0.717) is 5.56 Å². The molecule has 21 heavy (non-hydrogen) atoms. The van der Waals surface area contributed by atoms with Crippen LogP contribution in [0.4, 0.5) is 5.69 Å². The highest BCUT2D eigenvalue weighted by atomic mass is 16.3. The zero-order valence-corrected chi connectivity index (χ0v) is 12.2. The lowest BCUT2D eigenvalue weighted by atomic mass is 10.1. The summed E-state index contributed by atoms with van der Waals surface area (Å²) in [6.45, 7) is 2.22. The van der Waals surface area contributed by atoms with Gasteiger partial charge < -0.3 is 15.7 Å². The van der Waals surface area contributed by atoms with Gasteiger partial charge in [0.15, 0.2) is 0 Å². The fourth-order valence-corrected chi connectivity index (χ4v) is 2.02. The van der Waals surface area contributed by atoms with Crippen LogP contribution >= 0.6 is 0 Å². The minimum Gasteiger partial charge on any atom is -0.395 e. The second-order valence-electron chi connectivity index (χ2n) is 4.87. The maximum atomic E-state index is 11.9. The van der Waals surface area contributed by atoms with Gasteiger partial charge >= 0.3 is 0 Å². The van der Waals surface area contributed by atoms with Gasteiger partial charge in [0.1, 0.15) is 0 Å². The van der Waals surface area contributed by atoms with Gasteiger partial charge in [0.25, 0.3) is 5.91 Å². The summed E-state index contributed by atoms with van der Waals surface area (Å²) in [5.74, 6) is -0.193. The molecule has 0 saturated carbocycles. The molecule has 0 aliphatic carbocycles. The molecule has 0 bridgehead atoms. The van der Waals surface area contributed by atoms with E-state index in [0.717, 1.165) is 11.3 Å². The Labute approximate surface area is 123 Å². The quantitative estimate of drug-likeness (QED) is 0.749. The van der Waals surface area contributed by atoms with Gasteiger partial charge in [0.2, 0.25) is 0 Å². The van der Waals surface area contributed by atoms with Crippen LogP contribution in [0.3, 0.4) is 0 Å². The van der Waals surface area contributed by atoms with Crippen molar-refractivity contribution in [1.29, 1.82) is 0 Å². The molecule has 1 unspecified atom stereocenters. The second-order valence-corrected chi connectivity index (χ2v) is 4.87. The van der Waals surface area contributed by atoms with E-state index < -0.39 is 0 Å². The van der Waals surface area contributed by atoms with Crippen molar-refractivity contribution in [3.8, 4) is 0 Å². The van der Waals surface area contributed by atoms with E-state index in [1.54, 1.807) is 16.8 Å². The SMILES string of the molecule is CC(Nc1cccc(C(=O)NCCO)c1)c1cnn(C)c1. The van der Waals surface area contributed by atoms with Gasteiger partial charge in [0, 0.05) is 36.6 Å². The van der Waals surface area contributed by atoms with Crippen LogP contribution in [0.5, 0.6) is 0 Å². The summed E-state index contributed by atoms with van der Waals surface area (Å²) in [6.07, 6.45) is 3.77. The van der Waals surface area contributed by atoms with E-state index in [1.807, 2.05) is 38.5 Å². The largest absolute Gasteiger partial charge is 0.395 e. The molecule has 0 aliphatic heterocycles. The lowest BCUT2D eigenvalue weighted by molar-refractivity contribution is 0.0945. The number of aryl methyl sites for hydroxylation is 1. The molecular weight excluding hydrogens is 268 g/mol. The topological polar surface area (TPSA) is 79.2 Å². The summed E-state index contributed by atoms with van der Waals surface area (Å²) in [5.41, 5.74) is 2.50. The fourth-order valence-electron chi connectivity index (χ4n) is 2.02. The van der Waals surface area contributed by atoms with E-state index in [2.05, 4.69) is 15.7 Å². The van der Waals surface area contributed by atoms with E-state index in [9.17, 15) is 4.79 Å². The number of nitrogens with one attached hydrogen (secondary N) is 2. The summed E-state index contributed by atoms with van der Waals surface area (Å²) in [4.78, 5) is 11.9. The molecule has 0 spiro atoms. The Morgan fingerprint density at radius 1 is 1.48 bits per heavy atom. The van der Waals surface area contributed by atoms with Crippen LogP contribution in [0, 0.1) is 0 Å². The van der Waals surface area contributed by atoms with Crippen LogP contribution in [-0.2, 0) is 7.05 Å². The van der Waals surface area contributed by atoms with E-state index in [4.69, 9.17) is 5.11 Å². The highest BCUT2D eigenvalue weighted by molar-refractivity contribution is 5.95. The maximum absolute atomic E-state index is 11.9. The highest BCUT2D eigenvalue weighted by Crippen LogP contribution is 2.19.